The van der Waals surface area contributed by atoms with Gasteiger partial charge in [0, 0.05) is 18.1 Å². The molecule has 88 valence electrons. The highest BCUT2D eigenvalue weighted by molar-refractivity contribution is 9.10. The molecular weight excluding hydrogens is 277 g/mol. The molecule has 0 spiro atoms. The summed E-state index contributed by atoms with van der Waals surface area (Å²) >= 11 is 3.19. The average molecular weight is 290 g/mol. The lowest BCUT2D eigenvalue weighted by atomic mass is 10.2. The van der Waals surface area contributed by atoms with Crippen molar-refractivity contribution in [2.75, 3.05) is 13.7 Å². The normalized spacial score (nSPS) is 12.2. The second-order valence-corrected chi connectivity index (χ2v) is 4.30. The molecule has 1 N–H and O–H groups in total. The Bertz CT molecular complexity index is 384. The fourth-order valence-corrected chi connectivity index (χ4v) is 1.45. The van der Waals surface area contributed by atoms with Crippen LogP contribution in [0.5, 0.6) is 0 Å². The van der Waals surface area contributed by atoms with Crippen molar-refractivity contribution < 1.29 is 13.9 Å². The van der Waals surface area contributed by atoms with E-state index in [2.05, 4.69) is 21.2 Å². The van der Waals surface area contributed by atoms with Gasteiger partial charge < -0.3 is 10.1 Å². The lowest BCUT2D eigenvalue weighted by Gasteiger charge is -2.11. The fraction of sp³-hybridized carbons (Fsp3) is 0.364. The van der Waals surface area contributed by atoms with Crippen LogP contribution in [0.1, 0.15) is 17.3 Å². The van der Waals surface area contributed by atoms with E-state index in [9.17, 15) is 9.18 Å². The van der Waals surface area contributed by atoms with Crippen LogP contribution in [0.15, 0.2) is 22.7 Å². The van der Waals surface area contributed by atoms with Gasteiger partial charge in [-0.2, -0.15) is 0 Å². The molecule has 0 aliphatic carbocycles. The molecule has 1 atom stereocenters. The lowest BCUT2D eigenvalue weighted by molar-refractivity contribution is 0.0867. The minimum absolute atomic E-state index is 0.0256. The van der Waals surface area contributed by atoms with Crippen LogP contribution in [0.3, 0.4) is 0 Å². The highest BCUT2D eigenvalue weighted by Crippen LogP contribution is 2.15. The van der Waals surface area contributed by atoms with Crippen molar-refractivity contribution in [3.63, 3.8) is 0 Å². The molecule has 0 aliphatic rings. The number of hydrogen-bond acceptors (Lipinski definition) is 2. The summed E-state index contributed by atoms with van der Waals surface area (Å²) in [4.78, 5) is 11.6. The Kier molecular flexibility index (Phi) is 4.89. The third-order valence-electron chi connectivity index (χ3n) is 2.13. The first-order valence-corrected chi connectivity index (χ1v) is 5.60. The van der Waals surface area contributed by atoms with Crippen molar-refractivity contribution in [3.05, 3.63) is 34.1 Å². The molecular formula is C11H13BrFNO2. The third-order valence-corrected chi connectivity index (χ3v) is 2.62. The van der Waals surface area contributed by atoms with Gasteiger partial charge in [-0.1, -0.05) is 15.9 Å². The fourth-order valence-electron chi connectivity index (χ4n) is 1.09. The number of nitrogens with one attached hydrogen (secondary N) is 1. The van der Waals surface area contributed by atoms with Crippen LogP contribution in [0.4, 0.5) is 4.39 Å². The van der Waals surface area contributed by atoms with Gasteiger partial charge in [-0.3, -0.25) is 4.79 Å². The van der Waals surface area contributed by atoms with Crippen molar-refractivity contribution in [1.29, 1.82) is 0 Å². The van der Waals surface area contributed by atoms with Crippen LogP contribution in [-0.4, -0.2) is 25.7 Å². The minimum atomic E-state index is -0.536. The molecule has 1 unspecified atom stereocenters. The van der Waals surface area contributed by atoms with Gasteiger partial charge in [-0.05, 0) is 25.1 Å². The molecule has 0 saturated carbocycles. The Morgan fingerprint density at radius 3 is 2.94 bits per heavy atom. The van der Waals surface area contributed by atoms with E-state index in [0.717, 1.165) is 0 Å². The van der Waals surface area contributed by atoms with Crippen molar-refractivity contribution in [2.45, 2.75) is 13.0 Å². The largest absolute Gasteiger partial charge is 0.380 e. The molecule has 1 rings (SSSR count). The maximum absolute atomic E-state index is 13.3. The first-order valence-electron chi connectivity index (χ1n) is 4.80. The van der Waals surface area contributed by atoms with Gasteiger partial charge in [-0.25, -0.2) is 4.39 Å². The van der Waals surface area contributed by atoms with E-state index in [-0.39, 0.29) is 11.7 Å². The molecule has 0 heterocycles. The minimum Gasteiger partial charge on any atom is -0.380 e. The van der Waals surface area contributed by atoms with Gasteiger partial charge in [-0.15, -0.1) is 0 Å². The first-order chi connectivity index (χ1) is 7.54. The van der Waals surface area contributed by atoms with Crippen molar-refractivity contribution in [1.82, 2.24) is 5.32 Å². The molecule has 1 aromatic rings. The maximum Gasteiger partial charge on any atom is 0.254 e. The van der Waals surface area contributed by atoms with Crippen molar-refractivity contribution in [2.24, 2.45) is 0 Å². The number of hydrogen-bond donors (Lipinski definition) is 1. The summed E-state index contributed by atoms with van der Waals surface area (Å²) in [5, 5.41) is 2.59. The van der Waals surface area contributed by atoms with E-state index < -0.39 is 11.7 Å². The molecule has 0 saturated heterocycles. The molecule has 3 nitrogen and oxygen atoms in total. The summed E-state index contributed by atoms with van der Waals surface area (Å²) in [6, 6.07) is 4.24. The van der Waals surface area contributed by atoms with E-state index in [1.165, 1.54) is 12.1 Å². The predicted octanol–water partition coefficient (Wildman–Crippen LogP) is 2.35. The van der Waals surface area contributed by atoms with Gasteiger partial charge >= 0.3 is 0 Å². The van der Waals surface area contributed by atoms with Crippen molar-refractivity contribution >= 4 is 21.8 Å². The van der Waals surface area contributed by atoms with Crippen LogP contribution in [0.25, 0.3) is 0 Å². The van der Waals surface area contributed by atoms with E-state index in [4.69, 9.17) is 4.74 Å². The SMILES string of the molecule is COC(C)CNC(=O)c1cc(Br)ccc1F. The van der Waals surface area contributed by atoms with Crippen LogP contribution in [0.2, 0.25) is 0 Å². The number of amides is 1. The standard InChI is InChI=1S/C11H13BrFNO2/c1-7(16-2)6-14-11(15)9-5-8(12)3-4-10(9)13/h3-5,7H,6H2,1-2H3,(H,14,15). The number of halogens is 2. The summed E-state index contributed by atoms with van der Waals surface area (Å²) in [6.45, 7) is 2.17. The molecule has 5 heteroatoms. The topological polar surface area (TPSA) is 38.3 Å². The van der Waals surface area contributed by atoms with E-state index in [0.29, 0.717) is 11.0 Å². The molecule has 0 fully saturated rings. The smallest absolute Gasteiger partial charge is 0.254 e. The lowest BCUT2D eigenvalue weighted by Crippen LogP contribution is -2.32. The predicted molar refractivity (Wildman–Crippen MR) is 62.9 cm³/mol. The van der Waals surface area contributed by atoms with Crippen LogP contribution in [-0.2, 0) is 4.74 Å². The van der Waals surface area contributed by atoms with Crippen LogP contribution in [0, 0.1) is 5.82 Å². The van der Waals surface area contributed by atoms with Gasteiger partial charge in [0.2, 0.25) is 0 Å². The Morgan fingerprint density at radius 2 is 2.31 bits per heavy atom. The summed E-state index contributed by atoms with van der Waals surface area (Å²) in [6.07, 6.45) is -0.0980. The molecule has 0 aliphatic heterocycles. The van der Waals surface area contributed by atoms with E-state index in [1.54, 1.807) is 13.2 Å². The van der Waals surface area contributed by atoms with Gasteiger partial charge in [0.25, 0.3) is 5.91 Å². The Hall–Kier alpha value is -0.940. The summed E-state index contributed by atoms with van der Waals surface area (Å²) in [7, 11) is 1.55. The Balaban J connectivity index is 2.69. The first kappa shape index (κ1) is 13.1. The Labute approximate surface area is 102 Å². The van der Waals surface area contributed by atoms with Crippen molar-refractivity contribution in [3.8, 4) is 0 Å². The molecule has 1 aromatic carbocycles. The molecule has 0 radical (unpaired) electrons. The summed E-state index contributed by atoms with van der Waals surface area (Å²) in [5.74, 6) is -0.978. The second-order valence-electron chi connectivity index (χ2n) is 3.38. The highest BCUT2D eigenvalue weighted by Gasteiger charge is 2.12. The number of carbonyl (C=O) groups excluding carboxylic acids is 1. The van der Waals surface area contributed by atoms with Gasteiger partial charge in [0.15, 0.2) is 0 Å². The molecule has 0 aromatic heterocycles. The Morgan fingerprint density at radius 1 is 1.62 bits per heavy atom. The third kappa shape index (κ3) is 3.57. The van der Waals surface area contributed by atoms with Gasteiger partial charge in [0.05, 0.1) is 11.7 Å². The number of ether oxygens (including phenoxy) is 1. The van der Waals surface area contributed by atoms with Crippen LogP contribution >= 0.6 is 15.9 Å². The molecule has 0 bridgehead atoms. The number of rotatable bonds is 4. The zero-order valence-electron chi connectivity index (χ0n) is 9.09. The summed E-state index contributed by atoms with van der Waals surface area (Å²) < 4.78 is 19.0. The van der Waals surface area contributed by atoms with E-state index >= 15 is 0 Å². The van der Waals surface area contributed by atoms with E-state index in [1.807, 2.05) is 6.92 Å². The zero-order valence-corrected chi connectivity index (χ0v) is 10.7. The number of benzene rings is 1. The number of carbonyl (C=O) groups is 1. The van der Waals surface area contributed by atoms with Gasteiger partial charge in [0.1, 0.15) is 5.82 Å². The maximum atomic E-state index is 13.3. The second kappa shape index (κ2) is 5.96. The quantitative estimate of drug-likeness (QED) is 0.924. The zero-order chi connectivity index (χ0) is 12.1. The summed E-state index contributed by atoms with van der Waals surface area (Å²) in [5.41, 5.74) is 0.0256. The van der Waals surface area contributed by atoms with Crippen LogP contribution < -0.4 is 5.32 Å². The molecule has 1 amide bonds. The number of methoxy groups -OCH3 is 1. The average Bonchev–Trinajstić information content (AvgIpc) is 2.28. The monoisotopic (exact) mass is 289 g/mol. The molecule has 16 heavy (non-hydrogen) atoms. The highest BCUT2D eigenvalue weighted by atomic mass is 79.9.